The Morgan fingerprint density at radius 1 is 0.492 bits per heavy atom. The highest BCUT2D eigenvalue weighted by molar-refractivity contribution is 5.78. The Morgan fingerprint density at radius 3 is 1.28 bits per heavy atom. The minimum Gasteiger partial charge on any atom is -0.458 e. The molecule has 0 fully saturated rings. The van der Waals surface area contributed by atoms with E-state index in [0.717, 1.165) is 51.4 Å². The summed E-state index contributed by atoms with van der Waals surface area (Å²) >= 11 is 0. The monoisotopic (exact) mass is 860 g/mol. The van der Waals surface area contributed by atoms with E-state index in [0.29, 0.717) is 12.8 Å². The predicted molar refractivity (Wildman–Crippen MR) is 264 cm³/mol. The van der Waals surface area contributed by atoms with Crippen LogP contribution in [0, 0.1) is 0 Å². The molecule has 3 N–H and O–H groups in total. The normalized spacial score (nSPS) is 13.3. The largest absolute Gasteiger partial charge is 0.458 e. The third kappa shape index (κ3) is 44.7. The minimum absolute atomic E-state index is 0.0230. The van der Waals surface area contributed by atoms with Crippen molar-refractivity contribution in [2.75, 3.05) is 6.61 Å². The number of hydrogen-bond acceptors (Lipinski definition) is 5. The molecule has 3 atom stereocenters. The molecule has 0 saturated heterocycles. The van der Waals surface area contributed by atoms with Crippen molar-refractivity contribution in [1.82, 2.24) is 5.32 Å². The number of aliphatic hydroxyl groups is 2. The van der Waals surface area contributed by atoms with Gasteiger partial charge in [-0.15, -0.1) is 0 Å². The average molecular weight is 860 g/mol. The number of esters is 1. The molecule has 0 bridgehead atoms. The van der Waals surface area contributed by atoms with E-state index in [1.54, 1.807) is 0 Å². The van der Waals surface area contributed by atoms with Crippen LogP contribution in [0.2, 0.25) is 0 Å². The van der Waals surface area contributed by atoms with Gasteiger partial charge in [0.15, 0.2) is 0 Å². The van der Waals surface area contributed by atoms with E-state index in [9.17, 15) is 19.8 Å². The first-order chi connectivity index (χ1) is 30.0. The van der Waals surface area contributed by atoms with Gasteiger partial charge in [-0.1, -0.05) is 264 Å². The van der Waals surface area contributed by atoms with Crippen LogP contribution >= 0.6 is 0 Å². The zero-order valence-electron chi connectivity index (χ0n) is 41.1. The van der Waals surface area contributed by atoms with Gasteiger partial charge in [-0.3, -0.25) is 9.59 Å². The Kier molecular flexibility index (Phi) is 48.0. The van der Waals surface area contributed by atoms with Crippen molar-refractivity contribution in [2.24, 2.45) is 0 Å². The summed E-state index contributed by atoms with van der Waals surface area (Å²) in [6.07, 6.45) is 57.0. The molecular weight excluding hydrogens is 755 g/mol. The van der Waals surface area contributed by atoms with Crippen LogP contribution < -0.4 is 5.32 Å². The van der Waals surface area contributed by atoms with E-state index in [-0.39, 0.29) is 24.9 Å². The van der Waals surface area contributed by atoms with Gasteiger partial charge in [0.25, 0.3) is 0 Å². The molecule has 0 aliphatic rings. The van der Waals surface area contributed by atoms with Crippen LogP contribution in [0.4, 0.5) is 0 Å². The number of allylic oxidation sites excluding steroid dienone is 3. The summed E-state index contributed by atoms with van der Waals surface area (Å²) in [6, 6.07) is -0.727. The highest BCUT2D eigenvalue weighted by Gasteiger charge is 2.23. The van der Waals surface area contributed by atoms with Crippen LogP contribution in [0.15, 0.2) is 24.3 Å². The predicted octanol–water partition coefficient (Wildman–Crippen LogP) is 16.3. The summed E-state index contributed by atoms with van der Waals surface area (Å²) in [6.45, 7) is 6.47. The van der Waals surface area contributed by atoms with E-state index in [2.05, 4.69) is 38.2 Å². The first-order valence-electron chi connectivity index (χ1n) is 27.1. The van der Waals surface area contributed by atoms with Crippen molar-refractivity contribution in [3.8, 4) is 0 Å². The summed E-state index contributed by atoms with van der Waals surface area (Å²) in [7, 11) is 0. The molecule has 0 heterocycles. The van der Waals surface area contributed by atoms with E-state index in [4.69, 9.17) is 4.74 Å². The zero-order chi connectivity index (χ0) is 44.5. The van der Waals surface area contributed by atoms with Gasteiger partial charge in [0.2, 0.25) is 5.91 Å². The van der Waals surface area contributed by atoms with Crippen molar-refractivity contribution < 1.29 is 24.5 Å². The highest BCUT2D eigenvalue weighted by Crippen LogP contribution is 2.17. The van der Waals surface area contributed by atoms with Crippen molar-refractivity contribution in [2.45, 2.75) is 309 Å². The zero-order valence-corrected chi connectivity index (χ0v) is 41.1. The molecule has 0 radical (unpaired) electrons. The lowest BCUT2D eigenvalue weighted by atomic mass is 10.0. The van der Waals surface area contributed by atoms with Gasteiger partial charge in [-0.2, -0.15) is 0 Å². The molecule has 0 aliphatic carbocycles. The summed E-state index contributed by atoms with van der Waals surface area (Å²) in [4.78, 5) is 26.1. The molecule has 0 saturated carbocycles. The minimum atomic E-state index is -0.806. The van der Waals surface area contributed by atoms with Gasteiger partial charge in [0.1, 0.15) is 6.10 Å². The highest BCUT2D eigenvalue weighted by atomic mass is 16.5. The number of carbonyl (C=O) groups excluding carboxylic acids is 2. The van der Waals surface area contributed by atoms with Crippen molar-refractivity contribution in [1.29, 1.82) is 0 Å². The summed E-state index contributed by atoms with van der Waals surface area (Å²) in [5.74, 6) is -0.587. The molecule has 360 valence electrons. The summed E-state index contributed by atoms with van der Waals surface area (Å²) in [5, 5.41) is 23.7. The molecule has 0 spiro atoms. The fourth-order valence-corrected chi connectivity index (χ4v) is 8.40. The third-order valence-electron chi connectivity index (χ3n) is 12.5. The molecule has 0 aromatic rings. The van der Waals surface area contributed by atoms with Crippen LogP contribution in [0.3, 0.4) is 0 Å². The second-order valence-corrected chi connectivity index (χ2v) is 18.6. The molecular formula is C55H105NO5. The molecule has 6 nitrogen and oxygen atoms in total. The Labute approximate surface area is 380 Å². The van der Waals surface area contributed by atoms with E-state index >= 15 is 0 Å². The molecule has 61 heavy (non-hydrogen) atoms. The van der Waals surface area contributed by atoms with Crippen LogP contribution in [-0.4, -0.2) is 46.9 Å². The van der Waals surface area contributed by atoms with E-state index in [1.807, 2.05) is 12.2 Å². The first kappa shape index (κ1) is 59.3. The van der Waals surface area contributed by atoms with Crippen molar-refractivity contribution in [3.63, 3.8) is 0 Å². The van der Waals surface area contributed by atoms with Crippen LogP contribution in [0.25, 0.3) is 0 Å². The smallest absolute Gasteiger partial charge is 0.306 e. The summed E-state index contributed by atoms with van der Waals surface area (Å²) < 4.78 is 5.84. The molecule has 0 aromatic heterocycles. The second-order valence-electron chi connectivity index (χ2n) is 18.6. The Bertz CT molecular complexity index is 966. The van der Waals surface area contributed by atoms with Crippen molar-refractivity contribution >= 4 is 11.9 Å². The van der Waals surface area contributed by atoms with Crippen LogP contribution in [0.1, 0.15) is 290 Å². The molecule has 0 aliphatic heterocycles. The number of ether oxygens (including phenoxy) is 1. The van der Waals surface area contributed by atoms with E-state index < -0.39 is 18.2 Å². The number of carbonyl (C=O) groups is 2. The lowest BCUT2D eigenvalue weighted by Gasteiger charge is -2.23. The molecule has 0 rings (SSSR count). The molecule has 6 heteroatoms. The molecule has 0 aromatic carbocycles. The van der Waals surface area contributed by atoms with E-state index in [1.165, 1.54) is 199 Å². The lowest BCUT2D eigenvalue weighted by Crippen LogP contribution is -2.46. The fraction of sp³-hybridized carbons (Fsp3) is 0.891. The number of amides is 1. The quantitative estimate of drug-likeness (QED) is 0.0322. The molecule has 1 amide bonds. The van der Waals surface area contributed by atoms with Crippen LogP contribution in [0.5, 0.6) is 0 Å². The van der Waals surface area contributed by atoms with Gasteiger partial charge in [0.05, 0.1) is 25.2 Å². The Morgan fingerprint density at radius 2 is 0.869 bits per heavy atom. The number of aliphatic hydroxyl groups excluding tert-OH is 2. The van der Waals surface area contributed by atoms with Gasteiger partial charge in [-0.05, 0) is 38.2 Å². The Balaban J connectivity index is 4.52. The van der Waals surface area contributed by atoms with Gasteiger partial charge in [-0.25, -0.2) is 0 Å². The van der Waals surface area contributed by atoms with Gasteiger partial charge >= 0.3 is 5.97 Å². The standard InChI is InChI=1S/C55H105NO5/c1-4-7-10-13-16-19-22-24-26-28-30-33-36-39-42-45-48-55(60)61-51(46-43-40-37-34-31-21-18-15-12-9-6-3)49-54(59)56-52(50-57)53(58)47-44-41-38-35-32-29-27-25-23-20-17-14-11-8-5-2/h34,37,43,46,51-53,57-58H,4-33,35-36,38-42,44-45,47-50H2,1-3H3,(H,56,59)/b37-34-,46-43+. The average Bonchev–Trinajstić information content (AvgIpc) is 3.25. The lowest BCUT2D eigenvalue weighted by molar-refractivity contribution is -0.148. The van der Waals surface area contributed by atoms with Gasteiger partial charge < -0.3 is 20.3 Å². The second kappa shape index (κ2) is 49.4. The maximum atomic E-state index is 13.2. The maximum Gasteiger partial charge on any atom is 0.306 e. The number of hydrogen-bond donors (Lipinski definition) is 3. The topological polar surface area (TPSA) is 95.9 Å². The summed E-state index contributed by atoms with van der Waals surface area (Å²) in [5.41, 5.74) is 0. The van der Waals surface area contributed by atoms with Gasteiger partial charge in [0, 0.05) is 6.42 Å². The maximum absolute atomic E-state index is 13.2. The third-order valence-corrected chi connectivity index (χ3v) is 12.5. The molecule has 3 unspecified atom stereocenters. The Hall–Kier alpha value is -1.66. The SMILES string of the molecule is CCCCCCCC/C=C\C/C=C/C(CC(=O)NC(CO)C(O)CCCCCCCCCCCCCCCCC)OC(=O)CCCCCCCCCCCCCCCCCC. The van der Waals surface area contributed by atoms with Crippen LogP contribution in [-0.2, 0) is 14.3 Å². The number of nitrogens with one attached hydrogen (secondary N) is 1. The van der Waals surface area contributed by atoms with Crippen molar-refractivity contribution in [3.05, 3.63) is 24.3 Å². The number of unbranched alkanes of at least 4 members (excludes halogenated alkanes) is 35. The fourth-order valence-electron chi connectivity index (χ4n) is 8.40. The number of rotatable bonds is 49. The first-order valence-corrected chi connectivity index (χ1v) is 27.1.